The van der Waals surface area contributed by atoms with Crippen molar-refractivity contribution in [2.75, 3.05) is 41.3 Å². The molecule has 1 fully saturated rings. The number of hydrogen-bond acceptors (Lipinski definition) is 5. The van der Waals surface area contributed by atoms with Gasteiger partial charge in [0.1, 0.15) is 5.82 Å². The predicted octanol–water partition coefficient (Wildman–Crippen LogP) is 4.16. The molecule has 1 saturated heterocycles. The van der Waals surface area contributed by atoms with Gasteiger partial charge in [-0.25, -0.2) is 4.98 Å². The highest BCUT2D eigenvalue weighted by Crippen LogP contribution is 2.21. The molecule has 1 aromatic heterocycles. The molecule has 1 N–H and O–H groups in total. The van der Waals surface area contributed by atoms with Crippen molar-refractivity contribution in [3.05, 3.63) is 71.9 Å². The molecular formula is C22H25N5. The molecule has 1 aliphatic heterocycles. The third kappa shape index (κ3) is 4.19. The summed E-state index contributed by atoms with van der Waals surface area (Å²) in [5.74, 6) is 1.64. The Balaban J connectivity index is 1.47. The first-order chi connectivity index (χ1) is 13.2. The standard InChI is InChI=1S/C22H25N5/c1-17-7-6-8-19(15-17)24-21-16-18(2)23-22(25-21)27-13-11-26(12-14-27)20-9-4-3-5-10-20/h3-10,15-16H,11-14H2,1-2H3,(H,23,24,25). The highest BCUT2D eigenvalue weighted by molar-refractivity contribution is 5.59. The lowest BCUT2D eigenvalue weighted by Gasteiger charge is -2.36. The van der Waals surface area contributed by atoms with Crippen LogP contribution in [0, 0.1) is 13.8 Å². The van der Waals surface area contributed by atoms with E-state index < -0.39 is 0 Å². The zero-order valence-electron chi connectivity index (χ0n) is 15.9. The van der Waals surface area contributed by atoms with Gasteiger partial charge in [-0.1, -0.05) is 30.3 Å². The number of rotatable bonds is 4. The Morgan fingerprint density at radius 1 is 0.778 bits per heavy atom. The fraction of sp³-hybridized carbons (Fsp3) is 0.273. The summed E-state index contributed by atoms with van der Waals surface area (Å²) >= 11 is 0. The lowest BCUT2D eigenvalue weighted by Crippen LogP contribution is -2.47. The van der Waals surface area contributed by atoms with E-state index in [2.05, 4.69) is 81.6 Å². The second-order valence-electron chi connectivity index (χ2n) is 7.00. The number of benzene rings is 2. The topological polar surface area (TPSA) is 44.3 Å². The number of nitrogens with zero attached hydrogens (tertiary/aromatic N) is 4. The van der Waals surface area contributed by atoms with E-state index in [0.717, 1.165) is 49.3 Å². The van der Waals surface area contributed by atoms with Crippen molar-refractivity contribution < 1.29 is 0 Å². The minimum Gasteiger partial charge on any atom is -0.368 e. The summed E-state index contributed by atoms with van der Waals surface area (Å²) in [4.78, 5) is 14.1. The van der Waals surface area contributed by atoms with Gasteiger partial charge in [0.25, 0.3) is 0 Å². The molecule has 0 atom stereocenters. The molecule has 0 radical (unpaired) electrons. The average Bonchev–Trinajstić information content (AvgIpc) is 2.68. The van der Waals surface area contributed by atoms with Crippen molar-refractivity contribution in [1.82, 2.24) is 9.97 Å². The van der Waals surface area contributed by atoms with Crippen LogP contribution in [0.25, 0.3) is 0 Å². The van der Waals surface area contributed by atoms with Gasteiger partial charge in [0.15, 0.2) is 0 Å². The van der Waals surface area contributed by atoms with Crippen LogP contribution >= 0.6 is 0 Å². The van der Waals surface area contributed by atoms with Crippen molar-refractivity contribution in [3.8, 4) is 0 Å². The van der Waals surface area contributed by atoms with Crippen molar-refractivity contribution in [3.63, 3.8) is 0 Å². The number of hydrogen-bond donors (Lipinski definition) is 1. The number of anilines is 4. The Bertz CT molecular complexity index is 902. The van der Waals surface area contributed by atoms with Gasteiger partial charge in [-0.15, -0.1) is 0 Å². The van der Waals surface area contributed by atoms with Crippen LogP contribution in [0.1, 0.15) is 11.3 Å². The smallest absolute Gasteiger partial charge is 0.227 e. The lowest BCUT2D eigenvalue weighted by molar-refractivity contribution is 0.639. The number of piperazine rings is 1. The summed E-state index contributed by atoms with van der Waals surface area (Å²) in [6.07, 6.45) is 0. The van der Waals surface area contributed by atoms with E-state index in [0.29, 0.717) is 0 Å². The monoisotopic (exact) mass is 359 g/mol. The summed E-state index contributed by atoms with van der Waals surface area (Å²) < 4.78 is 0. The molecule has 0 bridgehead atoms. The van der Waals surface area contributed by atoms with E-state index in [1.54, 1.807) is 0 Å². The third-order valence-electron chi connectivity index (χ3n) is 4.82. The maximum atomic E-state index is 4.77. The summed E-state index contributed by atoms with van der Waals surface area (Å²) in [6, 6.07) is 20.9. The Kier molecular flexibility index (Phi) is 4.92. The fourth-order valence-electron chi connectivity index (χ4n) is 3.43. The quantitative estimate of drug-likeness (QED) is 0.758. The van der Waals surface area contributed by atoms with Crippen LogP contribution in [0.2, 0.25) is 0 Å². The number of aromatic nitrogens is 2. The highest BCUT2D eigenvalue weighted by atomic mass is 15.3. The third-order valence-corrected chi connectivity index (χ3v) is 4.82. The lowest BCUT2D eigenvalue weighted by atomic mass is 10.2. The van der Waals surface area contributed by atoms with Gasteiger partial charge in [0, 0.05) is 49.3 Å². The summed E-state index contributed by atoms with van der Waals surface area (Å²) in [7, 11) is 0. The number of aryl methyl sites for hydroxylation is 2. The molecule has 0 amide bonds. The van der Waals surface area contributed by atoms with Gasteiger partial charge in [0.05, 0.1) is 0 Å². The van der Waals surface area contributed by atoms with Crippen molar-refractivity contribution in [2.45, 2.75) is 13.8 Å². The molecule has 1 aliphatic rings. The Morgan fingerprint density at radius 3 is 2.26 bits per heavy atom. The minimum absolute atomic E-state index is 0.804. The largest absolute Gasteiger partial charge is 0.368 e. The first kappa shape index (κ1) is 17.3. The molecule has 5 nitrogen and oxygen atoms in total. The zero-order valence-corrected chi connectivity index (χ0v) is 15.9. The molecule has 0 spiro atoms. The van der Waals surface area contributed by atoms with Gasteiger partial charge in [0.2, 0.25) is 5.95 Å². The molecule has 27 heavy (non-hydrogen) atoms. The maximum absolute atomic E-state index is 4.77. The normalized spacial score (nSPS) is 14.3. The highest BCUT2D eigenvalue weighted by Gasteiger charge is 2.20. The van der Waals surface area contributed by atoms with E-state index in [1.165, 1.54) is 11.3 Å². The SMILES string of the molecule is Cc1cccc(Nc2cc(C)nc(N3CCN(c4ccccc4)CC3)n2)c1. The van der Waals surface area contributed by atoms with E-state index >= 15 is 0 Å². The molecule has 2 aromatic carbocycles. The van der Waals surface area contributed by atoms with E-state index in [9.17, 15) is 0 Å². The summed E-state index contributed by atoms with van der Waals surface area (Å²) in [6.45, 7) is 7.90. The van der Waals surface area contributed by atoms with Crippen LogP contribution in [-0.4, -0.2) is 36.1 Å². The van der Waals surface area contributed by atoms with Crippen LogP contribution in [0.15, 0.2) is 60.7 Å². The van der Waals surface area contributed by atoms with Crippen LogP contribution in [0.4, 0.5) is 23.1 Å². The first-order valence-corrected chi connectivity index (χ1v) is 9.42. The molecule has 0 aliphatic carbocycles. The molecular weight excluding hydrogens is 334 g/mol. The van der Waals surface area contributed by atoms with Gasteiger partial charge in [-0.2, -0.15) is 4.98 Å². The Morgan fingerprint density at radius 2 is 1.52 bits per heavy atom. The minimum atomic E-state index is 0.804. The Hall–Kier alpha value is -3.08. The average molecular weight is 359 g/mol. The molecule has 0 saturated carbocycles. The molecule has 4 rings (SSSR count). The fourth-order valence-corrected chi connectivity index (χ4v) is 3.43. The Labute approximate surface area is 160 Å². The van der Waals surface area contributed by atoms with Crippen LogP contribution in [-0.2, 0) is 0 Å². The van der Waals surface area contributed by atoms with Crippen LogP contribution in [0.3, 0.4) is 0 Å². The summed E-state index contributed by atoms with van der Waals surface area (Å²) in [5.41, 5.74) is 4.53. The van der Waals surface area contributed by atoms with Crippen molar-refractivity contribution in [1.29, 1.82) is 0 Å². The molecule has 2 heterocycles. The zero-order chi connectivity index (χ0) is 18.6. The van der Waals surface area contributed by atoms with Crippen LogP contribution < -0.4 is 15.1 Å². The molecule has 0 unspecified atom stereocenters. The second kappa shape index (κ2) is 7.66. The van der Waals surface area contributed by atoms with Gasteiger partial charge in [-0.3, -0.25) is 0 Å². The predicted molar refractivity (Wildman–Crippen MR) is 112 cm³/mol. The molecule has 138 valence electrons. The summed E-state index contributed by atoms with van der Waals surface area (Å²) in [5, 5.41) is 3.41. The number of para-hydroxylation sites is 1. The van der Waals surface area contributed by atoms with Crippen molar-refractivity contribution >= 4 is 23.1 Å². The van der Waals surface area contributed by atoms with Gasteiger partial charge in [-0.05, 0) is 43.7 Å². The van der Waals surface area contributed by atoms with E-state index in [1.807, 2.05) is 13.0 Å². The van der Waals surface area contributed by atoms with Gasteiger partial charge >= 0.3 is 0 Å². The van der Waals surface area contributed by atoms with Crippen molar-refractivity contribution in [2.24, 2.45) is 0 Å². The van der Waals surface area contributed by atoms with E-state index in [-0.39, 0.29) is 0 Å². The molecule has 5 heteroatoms. The number of nitrogens with one attached hydrogen (secondary N) is 1. The van der Waals surface area contributed by atoms with E-state index in [4.69, 9.17) is 4.98 Å². The molecule has 3 aromatic rings. The van der Waals surface area contributed by atoms with Crippen LogP contribution in [0.5, 0.6) is 0 Å². The maximum Gasteiger partial charge on any atom is 0.227 e. The first-order valence-electron chi connectivity index (χ1n) is 9.42. The second-order valence-corrected chi connectivity index (χ2v) is 7.00. The van der Waals surface area contributed by atoms with Gasteiger partial charge < -0.3 is 15.1 Å².